The van der Waals surface area contributed by atoms with E-state index in [1.54, 1.807) is 6.20 Å². The van der Waals surface area contributed by atoms with E-state index in [2.05, 4.69) is 44.5 Å². The third-order valence-corrected chi connectivity index (χ3v) is 4.02. The van der Waals surface area contributed by atoms with Gasteiger partial charge >= 0.3 is 0 Å². The Morgan fingerprint density at radius 3 is 2.79 bits per heavy atom. The Hall–Kier alpha value is -1.24. The van der Waals surface area contributed by atoms with Crippen LogP contribution in [0.25, 0.3) is 11.4 Å². The van der Waals surface area contributed by atoms with Gasteiger partial charge in [0.25, 0.3) is 5.56 Å². The van der Waals surface area contributed by atoms with Crippen molar-refractivity contribution in [1.29, 1.82) is 0 Å². The number of aromatic nitrogens is 3. The SMILES string of the molecule is CCc1cnccc1-c1nc(C(C)C)c(I)c(=O)[nH]1. The van der Waals surface area contributed by atoms with E-state index in [1.807, 2.05) is 26.1 Å². The number of halogens is 1. The molecule has 0 saturated heterocycles. The zero-order valence-electron chi connectivity index (χ0n) is 11.2. The summed E-state index contributed by atoms with van der Waals surface area (Å²) in [5, 5.41) is 0. The van der Waals surface area contributed by atoms with E-state index < -0.39 is 0 Å². The summed E-state index contributed by atoms with van der Waals surface area (Å²) in [7, 11) is 0. The van der Waals surface area contributed by atoms with Crippen LogP contribution in [0, 0.1) is 3.57 Å². The van der Waals surface area contributed by atoms with Crippen molar-refractivity contribution >= 4 is 22.6 Å². The smallest absolute Gasteiger partial charge is 0.264 e. The molecule has 2 aromatic heterocycles. The Balaban J connectivity index is 2.67. The Labute approximate surface area is 125 Å². The van der Waals surface area contributed by atoms with Crippen molar-refractivity contribution in [3.63, 3.8) is 0 Å². The zero-order valence-corrected chi connectivity index (χ0v) is 13.4. The lowest BCUT2D eigenvalue weighted by molar-refractivity contribution is 0.802. The zero-order chi connectivity index (χ0) is 14.0. The average Bonchev–Trinajstić information content (AvgIpc) is 2.41. The molecule has 1 N–H and O–H groups in total. The monoisotopic (exact) mass is 369 g/mol. The molecule has 4 nitrogen and oxygen atoms in total. The van der Waals surface area contributed by atoms with Crippen LogP contribution in [-0.4, -0.2) is 15.0 Å². The Morgan fingerprint density at radius 2 is 2.16 bits per heavy atom. The van der Waals surface area contributed by atoms with Crippen LogP contribution in [0.15, 0.2) is 23.3 Å². The number of aryl methyl sites for hydroxylation is 1. The molecule has 19 heavy (non-hydrogen) atoms. The summed E-state index contributed by atoms with van der Waals surface area (Å²) in [5.41, 5.74) is 2.81. The third kappa shape index (κ3) is 2.86. The molecule has 0 aromatic carbocycles. The molecule has 0 aliphatic rings. The number of aromatic amines is 1. The summed E-state index contributed by atoms with van der Waals surface area (Å²) in [5.74, 6) is 0.855. The molecule has 0 aliphatic heterocycles. The highest BCUT2D eigenvalue weighted by Gasteiger charge is 2.14. The number of pyridine rings is 1. The number of nitrogens with zero attached hydrogens (tertiary/aromatic N) is 2. The fourth-order valence-corrected chi connectivity index (χ4v) is 2.80. The number of hydrogen-bond donors (Lipinski definition) is 1. The first-order chi connectivity index (χ1) is 9.04. The van der Waals surface area contributed by atoms with Crippen molar-refractivity contribution < 1.29 is 0 Å². The lowest BCUT2D eigenvalue weighted by Crippen LogP contribution is -2.17. The van der Waals surface area contributed by atoms with Crippen molar-refractivity contribution in [2.24, 2.45) is 0 Å². The molecule has 100 valence electrons. The Kier molecular flexibility index (Phi) is 4.34. The number of nitrogens with one attached hydrogen (secondary N) is 1. The normalized spacial score (nSPS) is 11.0. The van der Waals surface area contributed by atoms with Crippen LogP contribution in [0.5, 0.6) is 0 Å². The molecule has 0 saturated carbocycles. The first kappa shape index (κ1) is 14.2. The second kappa shape index (κ2) is 5.81. The minimum absolute atomic E-state index is 0.0758. The molecular formula is C14H16IN3O. The van der Waals surface area contributed by atoms with E-state index in [-0.39, 0.29) is 11.5 Å². The Morgan fingerprint density at radius 1 is 1.42 bits per heavy atom. The van der Waals surface area contributed by atoms with Crippen LogP contribution in [0.2, 0.25) is 0 Å². The van der Waals surface area contributed by atoms with Crippen molar-refractivity contribution in [2.75, 3.05) is 0 Å². The molecule has 0 radical (unpaired) electrons. The highest BCUT2D eigenvalue weighted by Crippen LogP contribution is 2.22. The number of rotatable bonds is 3. The largest absolute Gasteiger partial charge is 0.306 e. The van der Waals surface area contributed by atoms with Crippen molar-refractivity contribution in [2.45, 2.75) is 33.1 Å². The molecule has 5 heteroatoms. The predicted octanol–water partition coefficient (Wildman–Crippen LogP) is 3.12. The lowest BCUT2D eigenvalue weighted by atomic mass is 10.1. The van der Waals surface area contributed by atoms with E-state index in [0.717, 1.165) is 23.2 Å². The van der Waals surface area contributed by atoms with Crippen molar-refractivity contribution in [3.8, 4) is 11.4 Å². The Bertz CT molecular complexity index is 649. The molecule has 0 spiro atoms. The average molecular weight is 369 g/mol. The van der Waals surface area contributed by atoms with Gasteiger partial charge < -0.3 is 4.98 Å². The summed E-state index contributed by atoms with van der Waals surface area (Å²) in [6, 6.07) is 1.90. The molecule has 0 bridgehead atoms. The van der Waals surface area contributed by atoms with E-state index in [1.165, 1.54) is 0 Å². The fourth-order valence-electron chi connectivity index (χ4n) is 1.93. The topological polar surface area (TPSA) is 58.6 Å². The second-order valence-corrected chi connectivity index (χ2v) is 5.73. The minimum Gasteiger partial charge on any atom is -0.306 e. The molecule has 0 fully saturated rings. The molecule has 2 rings (SSSR count). The van der Waals surface area contributed by atoms with Gasteiger partial charge in [0.15, 0.2) is 0 Å². The third-order valence-electron chi connectivity index (χ3n) is 2.97. The number of H-pyrrole nitrogens is 1. The van der Waals surface area contributed by atoms with Crippen LogP contribution in [0.4, 0.5) is 0 Å². The summed E-state index contributed by atoms with van der Waals surface area (Å²) >= 11 is 2.06. The van der Waals surface area contributed by atoms with E-state index >= 15 is 0 Å². The quantitative estimate of drug-likeness (QED) is 0.846. The molecule has 0 atom stereocenters. The predicted molar refractivity (Wildman–Crippen MR) is 84.3 cm³/mol. The summed E-state index contributed by atoms with van der Waals surface area (Å²) in [6.07, 6.45) is 4.40. The van der Waals surface area contributed by atoms with Crippen LogP contribution in [-0.2, 0) is 6.42 Å². The van der Waals surface area contributed by atoms with Gasteiger partial charge in [0, 0.05) is 18.0 Å². The minimum atomic E-state index is -0.0758. The van der Waals surface area contributed by atoms with Gasteiger partial charge in [-0.25, -0.2) is 4.98 Å². The lowest BCUT2D eigenvalue weighted by Gasteiger charge is -2.11. The molecule has 0 aliphatic carbocycles. The van der Waals surface area contributed by atoms with Gasteiger partial charge in [-0.1, -0.05) is 20.8 Å². The van der Waals surface area contributed by atoms with Crippen molar-refractivity contribution in [1.82, 2.24) is 15.0 Å². The molecule has 2 aromatic rings. The van der Waals surface area contributed by atoms with Gasteiger partial charge in [0.05, 0.1) is 9.26 Å². The summed E-state index contributed by atoms with van der Waals surface area (Å²) in [4.78, 5) is 23.6. The standard InChI is InChI=1S/C14H16IN3O/c1-4-9-7-16-6-5-10(9)13-17-12(8(2)3)11(15)14(19)18-13/h5-8H,4H2,1-3H3,(H,17,18,19). The van der Waals surface area contributed by atoms with Gasteiger partial charge in [-0.15, -0.1) is 0 Å². The van der Waals surface area contributed by atoms with Crippen LogP contribution in [0.3, 0.4) is 0 Å². The first-order valence-electron chi connectivity index (χ1n) is 6.27. The maximum absolute atomic E-state index is 12.0. The van der Waals surface area contributed by atoms with Gasteiger partial charge in [0.1, 0.15) is 5.82 Å². The van der Waals surface area contributed by atoms with Gasteiger partial charge in [-0.2, -0.15) is 0 Å². The molecule has 2 heterocycles. The van der Waals surface area contributed by atoms with E-state index in [9.17, 15) is 4.79 Å². The van der Waals surface area contributed by atoms with Crippen molar-refractivity contribution in [3.05, 3.63) is 43.6 Å². The van der Waals surface area contributed by atoms with Gasteiger partial charge in [-0.05, 0) is 46.6 Å². The highest BCUT2D eigenvalue weighted by atomic mass is 127. The highest BCUT2D eigenvalue weighted by molar-refractivity contribution is 14.1. The fraction of sp³-hybridized carbons (Fsp3) is 0.357. The maximum Gasteiger partial charge on any atom is 0.264 e. The van der Waals surface area contributed by atoms with Crippen LogP contribution >= 0.6 is 22.6 Å². The van der Waals surface area contributed by atoms with Crippen LogP contribution in [0.1, 0.15) is 37.9 Å². The molecule has 0 amide bonds. The molecular weight excluding hydrogens is 353 g/mol. The van der Waals surface area contributed by atoms with Crippen LogP contribution < -0.4 is 5.56 Å². The van der Waals surface area contributed by atoms with Gasteiger partial charge in [0.2, 0.25) is 0 Å². The van der Waals surface area contributed by atoms with E-state index in [0.29, 0.717) is 9.39 Å². The summed E-state index contributed by atoms with van der Waals surface area (Å²) < 4.78 is 0.670. The van der Waals surface area contributed by atoms with E-state index in [4.69, 9.17) is 0 Å². The first-order valence-corrected chi connectivity index (χ1v) is 7.35. The summed E-state index contributed by atoms with van der Waals surface area (Å²) in [6.45, 7) is 6.15. The number of hydrogen-bond acceptors (Lipinski definition) is 3. The van der Waals surface area contributed by atoms with Gasteiger partial charge in [-0.3, -0.25) is 9.78 Å². The maximum atomic E-state index is 12.0. The molecule has 0 unspecified atom stereocenters. The second-order valence-electron chi connectivity index (χ2n) is 4.65.